The van der Waals surface area contributed by atoms with E-state index in [1.165, 1.54) is 11.3 Å². The third-order valence-corrected chi connectivity index (χ3v) is 8.17. The molecule has 4 rings (SSSR count). The van der Waals surface area contributed by atoms with Gasteiger partial charge >= 0.3 is 0 Å². The molecule has 1 aliphatic rings. The SMILES string of the molecule is CCCc1ccc(S(=O)(=O)N2CCC(Oc3nc4ccc(OC)cc4s3)CC2)cc1. The third kappa shape index (κ3) is 4.45. The number of thiazole rings is 1. The number of aryl methyl sites for hydroxylation is 1. The fourth-order valence-electron chi connectivity index (χ4n) is 3.66. The Balaban J connectivity index is 1.38. The first-order valence-electron chi connectivity index (χ1n) is 10.2. The van der Waals surface area contributed by atoms with Crippen LogP contribution >= 0.6 is 11.3 Å². The summed E-state index contributed by atoms with van der Waals surface area (Å²) in [6.45, 7) is 3.01. The van der Waals surface area contributed by atoms with Crippen LogP contribution in [0, 0.1) is 0 Å². The quantitative estimate of drug-likeness (QED) is 0.535. The van der Waals surface area contributed by atoms with E-state index < -0.39 is 10.0 Å². The lowest BCUT2D eigenvalue weighted by molar-refractivity contribution is 0.135. The molecule has 0 radical (unpaired) electrons. The molecule has 0 unspecified atom stereocenters. The first kappa shape index (κ1) is 21.1. The average Bonchev–Trinajstić information content (AvgIpc) is 3.16. The molecule has 0 N–H and O–H groups in total. The van der Waals surface area contributed by atoms with Gasteiger partial charge in [-0.05, 0) is 55.2 Å². The zero-order valence-electron chi connectivity index (χ0n) is 17.2. The molecular formula is C22H26N2O4S2. The highest BCUT2D eigenvalue weighted by Crippen LogP contribution is 2.32. The zero-order valence-corrected chi connectivity index (χ0v) is 18.8. The predicted octanol–water partition coefficient (Wildman–Crippen LogP) is 4.49. The van der Waals surface area contributed by atoms with E-state index in [1.54, 1.807) is 23.5 Å². The topological polar surface area (TPSA) is 68.7 Å². The van der Waals surface area contributed by atoms with Crippen molar-refractivity contribution in [1.82, 2.24) is 9.29 Å². The van der Waals surface area contributed by atoms with Crippen LogP contribution in [-0.2, 0) is 16.4 Å². The molecule has 30 heavy (non-hydrogen) atoms. The van der Waals surface area contributed by atoms with Gasteiger partial charge in [0.05, 0.1) is 22.2 Å². The summed E-state index contributed by atoms with van der Waals surface area (Å²) in [5.74, 6) is 0.791. The Kier molecular flexibility index (Phi) is 6.26. The molecule has 0 saturated carbocycles. The third-order valence-electron chi connectivity index (χ3n) is 5.34. The molecule has 8 heteroatoms. The van der Waals surface area contributed by atoms with Crippen LogP contribution in [0.15, 0.2) is 47.4 Å². The Morgan fingerprint density at radius 2 is 1.87 bits per heavy atom. The van der Waals surface area contributed by atoms with Gasteiger partial charge in [0.15, 0.2) is 0 Å². The van der Waals surface area contributed by atoms with E-state index in [0.29, 0.717) is 36.0 Å². The number of fused-ring (bicyclic) bond motifs is 1. The maximum atomic E-state index is 13.0. The molecule has 1 fully saturated rings. The van der Waals surface area contributed by atoms with Gasteiger partial charge < -0.3 is 9.47 Å². The largest absolute Gasteiger partial charge is 0.497 e. The number of aromatic nitrogens is 1. The lowest BCUT2D eigenvalue weighted by Crippen LogP contribution is -2.41. The Hall–Kier alpha value is -2.16. The van der Waals surface area contributed by atoms with Gasteiger partial charge in [0, 0.05) is 13.1 Å². The van der Waals surface area contributed by atoms with E-state index in [-0.39, 0.29) is 6.10 Å². The summed E-state index contributed by atoms with van der Waals surface area (Å²) < 4.78 is 39.8. The monoisotopic (exact) mass is 446 g/mol. The molecule has 2 heterocycles. The van der Waals surface area contributed by atoms with E-state index in [1.807, 2.05) is 30.3 Å². The molecule has 3 aromatic rings. The fourth-order valence-corrected chi connectivity index (χ4v) is 6.04. The van der Waals surface area contributed by atoms with Crippen molar-refractivity contribution >= 4 is 31.6 Å². The molecule has 2 aromatic carbocycles. The average molecular weight is 447 g/mol. The summed E-state index contributed by atoms with van der Waals surface area (Å²) in [4.78, 5) is 4.89. The van der Waals surface area contributed by atoms with Crippen LogP contribution in [0.3, 0.4) is 0 Å². The Labute approximate surface area is 181 Å². The van der Waals surface area contributed by atoms with Crippen molar-refractivity contribution in [1.29, 1.82) is 0 Å². The smallest absolute Gasteiger partial charge is 0.274 e. The van der Waals surface area contributed by atoms with Crippen LogP contribution in [0.4, 0.5) is 0 Å². The standard InChI is InChI=1S/C22H26N2O4S2/c1-3-4-16-5-8-19(9-6-16)30(25,26)24-13-11-17(12-14-24)28-22-23-20-10-7-18(27-2)15-21(20)29-22/h5-10,15,17H,3-4,11-14H2,1-2H3. The van der Waals surface area contributed by atoms with Crippen LogP contribution in [0.1, 0.15) is 31.7 Å². The molecule has 0 bridgehead atoms. The normalized spacial score (nSPS) is 16.1. The van der Waals surface area contributed by atoms with Gasteiger partial charge in [0.2, 0.25) is 10.0 Å². The summed E-state index contributed by atoms with van der Waals surface area (Å²) in [6.07, 6.45) is 3.26. The Morgan fingerprint density at radius 3 is 2.53 bits per heavy atom. The Morgan fingerprint density at radius 1 is 1.13 bits per heavy atom. The summed E-state index contributed by atoms with van der Waals surface area (Å²) in [5.41, 5.74) is 2.04. The fraction of sp³-hybridized carbons (Fsp3) is 0.409. The summed E-state index contributed by atoms with van der Waals surface area (Å²) in [5, 5.41) is 0.617. The molecule has 6 nitrogen and oxygen atoms in total. The van der Waals surface area contributed by atoms with Crippen LogP contribution in [-0.4, -0.2) is 44.0 Å². The lowest BCUT2D eigenvalue weighted by Gasteiger charge is -2.30. The van der Waals surface area contributed by atoms with E-state index in [4.69, 9.17) is 9.47 Å². The summed E-state index contributed by atoms with van der Waals surface area (Å²) in [7, 11) is -1.83. The number of hydrogen-bond donors (Lipinski definition) is 0. The van der Waals surface area contributed by atoms with Gasteiger partial charge in [-0.2, -0.15) is 4.31 Å². The highest BCUT2D eigenvalue weighted by Gasteiger charge is 2.30. The van der Waals surface area contributed by atoms with Crippen LogP contribution in [0.25, 0.3) is 10.2 Å². The zero-order chi connectivity index (χ0) is 21.1. The van der Waals surface area contributed by atoms with Crippen LogP contribution < -0.4 is 9.47 Å². The van der Waals surface area contributed by atoms with Gasteiger partial charge in [0.25, 0.3) is 5.19 Å². The number of piperidine rings is 1. The van der Waals surface area contributed by atoms with Crippen molar-refractivity contribution in [2.75, 3.05) is 20.2 Å². The number of sulfonamides is 1. The van der Waals surface area contributed by atoms with Gasteiger partial charge in [0.1, 0.15) is 11.9 Å². The van der Waals surface area contributed by atoms with Crippen molar-refractivity contribution in [2.45, 2.75) is 43.6 Å². The minimum atomic E-state index is -3.47. The first-order valence-corrected chi connectivity index (χ1v) is 12.5. The maximum Gasteiger partial charge on any atom is 0.274 e. The van der Waals surface area contributed by atoms with Crippen molar-refractivity contribution < 1.29 is 17.9 Å². The number of benzene rings is 2. The molecular weight excluding hydrogens is 420 g/mol. The number of ether oxygens (including phenoxy) is 2. The lowest BCUT2D eigenvalue weighted by atomic mass is 10.1. The molecule has 0 amide bonds. The molecule has 0 atom stereocenters. The molecule has 1 saturated heterocycles. The highest BCUT2D eigenvalue weighted by molar-refractivity contribution is 7.89. The van der Waals surface area contributed by atoms with E-state index in [9.17, 15) is 8.42 Å². The minimum absolute atomic E-state index is 0.0363. The van der Waals surface area contributed by atoms with Gasteiger partial charge in [-0.25, -0.2) is 13.4 Å². The van der Waals surface area contributed by atoms with Gasteiger partial charge in [-0.15, -0.1) is 0 Å². The van der Waals surface area contributed by atoms with Crippen molar-refractivity contribution in [3.63, 3.8) is 0 Å². The van der Waals surface area contributed by atoms with E-state index >= 15 is 0 Å². The molecule has 1 aromatic heterocycles. The van der Waals surface area contributed by atoms with Crippen molar-refractivity contribution in [3.05, 3.63) is 48.0 Å². The predicted molar refractivity (Wildman–Crippen MR) is 119 cm³/mol. The number of methoxy groups -OCH3 is 1. The first-order chi connectivity index (χ1) is 14.5. The summed E-state index contributed by atoms with van der Waals surface area (Å²) in [6, 6.07) is 13.0. The van der Waals surface area contributed by atoms with Gasteiger partial charge in [-0.3, -0.25) is 0 Å². The van der Waals surface area contributed by atoms with Crippen LogP contribution in [0.5, 0.6) is 10.9 Å². The molecule has 0 aliphatic carbocycles. The highest BCUT2D eigenvalue weighted by atomic mass is 32.2. The molecule has 1 aliphatic heterocycles. The summed E-state index contributed by atoms with van der Waals surface area (Å²) >= 11 is 1.48. The van der Waals surface area contributed by atoms with Crippen molar-refractivity contribution in [3.8, 4) is 10.9 Å². The van der Waals surface area contributed by atoms with E-state index in [0.717, 1.165) is 34.4 Å². The van der Waals surface area contributed by atoms with Crippen LogP contribution in [0.2, 0.25) is 0 Å². The number of nitrogens with zero attached hydrogens (tertiary/aromatic N) is 2. The number of hydrogen-bond acceptors (Lipinski definition) is 6. The molecule has 0 spiro atoms. The molecule has 160 valence electrons. The van der Waals surface area contributed by atoms with E-state index in [2.05, 4.69) is 11.9 Å². The number of rotatable bonds is 7. The minimum Gasteiger partial charge on any atom is -0.497 e. The second-order valence-corrected chi connectivity index (χ2v) is 10.4. The van der Waals surface area contributed by atoms with Crippen molar-refractivity contribution in [2.24, 2.45) is 0 Å². The second-order valence-electron chi connectivity index (χ2n) is 7.43. The van der Waals surface area contributed by atoms with Gasteiger partial charge in [-0.1, -0.05) is 36.8 Å². The second kappa shape index (κ2) is 8.91. The Bertz CT molecular complexity index is 1100. The maximum absolute atomic E-state index is 13.0.